The number of nitrogens with zero attached hydrogens (tertiary/aromatic N) is 4. The number of hydrogen-bond donors (Lipinski definition) is 2. The van der Waals surface area contributed by atoms with Crippen LogP contribution in [0.4, 0.5) is 5.82 Å². The van der Waals surface area contributed by atoms with Gasteiger partial charge in [-0.1, -0.05) is 6.92 Å². The van der Waals surface area contributed by atoms with Gasteiger partial charge in [0.1, 0.15) is 12.3 Å². The molecule has 1 aromatic rings. The Morgan fingerprint density at radius 2 is 2.29 bits per heavy atom. The highest BCUT2D eigenvalue weighted by atomic mass is 16.5. The fourth-order valence-corrected chi connectivity index (χ4v) is 2.20. The molecule has 0 saturated carbocycles. The lowest BCUT2D eigenvalue weighted by Gasteiger charge is -2.17. The van der Waals surface area contributed by atoms with Gasteiger partial charge < -0.3 is 19.8 Å². The lowest BCUT2D eigenvalue weighted by molar-refractivity contribution is -0.0476. The highest BCUT2D eigenvalue weighted by Gasteiger charge is 2.41. The third-order valence-electron chi connectivity index (χ3n) is 3.37. The molecular formula is C13H20N4O4. The van der Waals surface area contributed by atoms with E-state index < -0.39 is 24.1 Å². The van der Waals surface area contributed by atoms with Gasteiger partial charge in [0.2, 0.25) is 0 Å². The van der Waals surface area contributed by atoms with Crippen LogP contribution in [0, 0.1) is 5.92 Å². The fraction of sp³-hybridized carbons (Fsp3) is 0.615. The van der Waals surface area contributed by atoms with Gasteiger partial charge in [-0.05, 0) is 6.07 Å². The number of aromatic nitrogens is 2. The number of aliphatic hydroxyl groups is 2. The van der Waals surface area contributed by atoms with E-state index in [0.717, 1.165) is 0 Å². The molecule has 116 valence electrons. The molecule has 1 aliphatic heterocycles. The van der Waals surface area contributed by atoms with Gasteiger partial charge in [0.25, 0.3) is 0 Å². The van der Waals surface area contributed by atoms with Gasteiger partial charge in [-0.3, -0.25) is 4.57 Å². The minimum atomic E-state index is -0.821. The second-order valence-electron chi connectivity index (χ2n) is 5.28. The molecular weight excluding hydrogens is 276 g/mol. The van der Waals surface area contributed by atoms with E-state index in [1.807, 2.05) is 14.1 Å². The predicted octanol–water partition coefficient (Wildman–Crippen LogP) is -0.649. The fourth-order valence-electron chi connectivity index (χ4n) is 2.20. The normalized spacial score (nSPS) is 29.2. The molecule has 1 saturated heterocycles. The molecule has 0 amide bonds. The van der Waals surface area contributed by atoms with Gasteiger partial charge in [-0.2, -0.15) is 4.98 Å². The Hall–Kier alpha value is -1.77. The average Bonchev–Trinajstić information content (AvgIpc) is 2.73. The molecule has 1 aromatic heterocycles. The molecule has 0 aliphatic carbocycles. The highest BCUT2D eigenvalue weighted by Crippen LogP contribution is 2.33. The molecule has 1 aliphatic rings. The predicted molar refractivity (Wildman–Crippen MR) is 76.5 cm³/mol. The van der Waals surface area contributed by atoms with Crippen LogP contribution in [0.2, 0.25) is 0 Å². The first kappa shape index (κ1) is 15.6. The Balaban J connectivity index is 2.24. The first-order valence-corrected chi connectivity index (χ1v) is 6.68. The Labute approximate surface area is 122 Å². The average molecular weight is 296 g/mol. The Morgan fingerprint density at radius 1 is 1.57 bits per heavy atom. The number of hydrogen-bond acceptors (Lipinski definition) is 6. The monoisotopic (exact) mass is 296 g/mol. The molecule has 8 heteroatoms. The van der Waals surface area contributed by atoms with E-state index in [2.05, 4.69) is 9.98 Å². The van der Waals surface area contributed by atoms with Gasteiger partial charge in [0.05, 0.1) is 19.0 Å². The summed E-state index contributed by atoms with van der Waals surface area (Å²) in [6.07, 6.45) is 0.920. The summed E-state index contributed by atoms with van der Waals surface area (Å²) in [5, 5.41) is 19.1. The third kappa shape index (κ3) is 3.29. The lowest BCUT2D eigenvalue weighted by atomic mass is 10.0. The van der Waals surface area contributed by atoms with Crippen molar-refractivity contribution in [2.45, 2.75) is 25.4 Å². The minimum absolute atomic E-state index is 0.296. The van der Waals surface area contributed by atoms with Crippen LogP contribution in [-0.4, -0.2) is 63.9 Å². The Bertz CT molecular complexity index is 572. The van der Waals surface area contributed by atoms with Crippen molar-refractivity contribution in [2.24, 2.45) is 10.9 Å². The topological polar surface area (TPSA) is 100 Å². The van der Waals surface area contributed by atoms with Crippen molar-refractivity contribution in [3.05, 3.63) is 22.7 Å². The van der Waals surface area contributed by atoms with Gasteiger partial charge in [-0.15, -0.1) is 0 Å². The molecule has 2 heterocycles. The second-order valence-corrected chi connectivity index (χ2v) is 5.28. The van der Waals surface area contributed by atoms with Crippen molar-refractivity contribution in [3.63, 3.8) is 0 Å². The highest BCUT2D eigenvalue weighted by molar-refractivity contribution is 5.58. The van der Waals surface area contributed by atoms with Gasteiger partial charge in [-0.25, -0.2) is 9.79 Å². The summed E-state index contributed by atoms with van der Waals surface area (Å²) in [4.78, 5) is 21.7. The summed E-state index contributed by atoms with van der Waals surface area (Å²) in [6.45, 7) is 1.46. The molecule has 2 unspecified atom stereocenters. The van der Waals surface area contributed by atoms with Crippen LogP contribution < -0.4 is 5.69 Å². The molecule has 2 rings (SSSR count). The number of aliphatic hydroxyl groups excluding tert-OH is 2. The van der Waals surface area contributed by atoms with E-state index in [9.17, 15) is 9.90 Å². The maximum absolute atomic E-state index is 12.1. The first-order valence-electron chi connectivity index (χ1n) is 6.68. The van der Waals surface area contributed by atoms with Crippen LogP contribution in [0.15, 0.2) is 22.1 Å². The summed E-state index contributed by atoms with van der Waals surface area (Å²) in [7, 11) is 3.63. The summed E-state index contributed by atoms with van der Waals surface area (Å²) in [5.41, 5.74) is -0.508. The zero-order valence-corrected chi connectivity index (χ0v) is 12.2. The van der Waals surface area contributed by atoms with E-state index in [1.165, 1.54) is 10.8 Å². The SMILES string of the molecule is CC1C(O)[C@@H](CO)O[C@H]1n1ccc(/N=C\N(C)C)nc1=O. The maximum Gasteiger partial charge on any atom is 0.351 e. The first-order chi connectivity index (χ1) is 9.93. The molecule has 0 radical (unpaired) electrons. The van der Waals surface area contributed by atoms with Crippen LogP contribution in [0.1, 0.15) is 13.2 Å². The van der Waals surface area contributed by atoms with Gasteiger partial charge >= 0.3 is 5.69 Å². The zero-order valence-electron chi connectivity index (χ0n) is 12.2. The quantitative estimate of drug-likeness (QED) is 0.566. The van der Waals surface area contributed by atoms with E-state index in [-0.39, 0.29) is 12.5 Å². The van der Waals surface area contributed by atoms with Crippen LogP contribution in [-0.2, 0) is 4.74 Å². The lowest BCUT2D eigenvalue weighted by Crippen LogP contribution is -2.30. The van der Waals surface area contributed by atoms with Crippen molar-refractivity contribution in [1.29, 1.82) is 0 Å². The summed E-state index contributed by atoms with van der Waals surface area (Å²) in [6, 6.07) is 1.59. The molecule has 1 fully saturated rings. The summed E-state index contributed by atoms with van der Waals surface area (Å²) < 4.78 is 6.82. The van der Waals surface area contributed by atoms with Crippen molar-refractivity contribution in [3.8, 4) is 0 Å². The van der Waals surface area contributed by atoms with Crippen molar-refractivity contribution in [1.82, 2.24) is 14.5 Å². The van der Waals surface area contributed by atoms with Crippen LogP contribution in [0.25, 0.3) is 0 Å². The number of aliphatic imine (C=N–C) groups is 1. The number of rotatable bonds is 4. The molecule has 0 aromatic carbocycles. The second kappa shape index (κ2) is 6.33. The third-order valence-corrected chi connectivity index (χ3v) is 3.37. The Morgan fingerprint density at radius 3 is 2.81 bits per heavy atom. The molecule has 4 atom stereocenters. The molecule has 21 heavy (non-hydrogen) atoms. The smallest absolute Gasteiger partial charge is 0.351 e. The van der Waals surface area contributed by atoms with E-state index in [4.69, 9.17) is 9.84 Å². The molecule has 0 spiro atoms. The van der Waals surface area contributed by atoms with Crippen molar-refractivity contribution in [2.75, 3.05) is 20.7 Å². The summed E-state index contributed by atoms with van der Waals surface area (Å²) >= 11 is 0. The molecule has 2 N–H and O–H groups in total. The van der Waals surface area contributed by atoms with Crippen LogP contribution in [0.5, 0.6) is 0 Å². The van der Waals surface area contributed by atoms with Gasteiger partial charge in [0, 0.05) is 26.2 Å². The largest absolute Gasteiger partial charge is 0.394 e. The molecule has 8 nitrogen and oxygen atoms in total. The molecule has 0 bridgehead atoms. The minimum Gasteiger partial charge on any atom is -0.394 e. The zero-order chi connectivity index (χ0) is 15.6. The van der Waals surface area contributed by atoms with E-state index >= 15 is 0 Å². The summed E-state index contributed by atoms with van der Waals surface area (Å²) in [5.74, 6) is -0.0207. The van der Waals surface area contributed by atoms with E-state index in [0.29, 0.717) is 5.82 Å². The van der Waals surface area contributed by atoms with Gasteiger partial charge in [0.15, 0.2) is 5.82 Å². The number of ether oxygens (including phenoxy) is 1. The van der Waals surface area contributed by atoms with Crippen molar-refractivity contribution >= 4 is 12.2 Å². The van der Waals surface area contributed by atoms with Crippen LogP contribution in [0.3, 0.4) is 0 Å². The van der Waals surface area contributed by atoms with E-state index in [1.54, 1.807) is 24.2 Å². The Kier molecular flexibility index (Phi) is 4.71. The standard InChI is InChI=1S/C13H20N4O4/c1-8-11(19)9(6-18)21-12(8)17-5-4-10(15-13(17)20)14-7-16(2)3/h4-5,7-9,11-12,18-19H,6H2,1-3H3/b14-7-/t8?,9-,11?,12-/m1/s1. The van der Waals surface area contributed by atoms with Crippen LogP contribution >= 0.6 is 0 Å². The maximum atomic E-state index is 12.1. The van der Waals surface area contributed by atoms with Crippen molar-refractivity contribution < 1.29 is 14.9 Å².